The summed E-state index contributed by atoms with van der Waals surface area (Å²) in [5.41, 5.74) is 0.382. The molecule has 3 rings (SSSR count). The topological polar surface area (TPSA) is 81.1 Å². The van der Waals surface area contributed by atoms with Crippen molar-refractivity contribution in [3.8, 4) is 0 Å². The van der Waals surface area contributed by atoms with Gasteiger partial charge in [0, 0.05) is 19.7 Å². The van der Waals surface area contributed by atoms with Gasteiger partial charge in [0.25, 0.3) is 5.91 Å². The van der Waals surface area contributed by atoms with E-state index >= 15 is 0 Å². The molecule has 1 atom stereocenters. The van der Waals surface area contributed by atoms with Crippen molar-refractivity contribution < 1.29 is 9.53 Å². The Labute approximate surface area is 105 Å². The Hall–Kier alpha value is -1.47. The largest absolute Gasteiger partial charge is 0.379 e. The van der Waals surface area contributed by atoms with Crippen LogP contribution in [0.5, 0.6) is 0 Å². The molecule has 1 amide bonds. The monoisotopic (exact) mass is 251 g/mol. The zero-order valence-corrected chi connectivity index (χ0v) is 10.1. The molecule has 7 nitrogen and oxygen atoms in total. The third-order valence-electron chi connectivity index (χ3n) is 3.37. The minimum Gasteiger partial charge on any atom is -0.379 e. The highest BCUT2D eigenvalue weighted by molar-refractivity contribution is 5.92. The van der Waals surface area contributed by atoms with Gasteiger partial charge in [0.15, 0.2) is 5.69 Å². The lowest BCUT2D eigenvalue weighted by atomic mass is 10.1. The molecule has 0 aliphatic carbocycles. The first-order valence-corrected chi connectivity index (χ1v) is 6.34. The third-order valence-corrected chi connectivity index (χ3v) is 3.37. The van der Waals surface area contributed by atoms with E-state index in [1.807, 2.05) is 0 Å². The zero-order chi connectivity index (χ0) is 12.4. The second-order valence-electron chi connectivity index (χ2n) is 4.78. The number of carbonyl (C=O) groups is 1. The number of carbonyl (C=O) groups excluding carboxylic acids is 1. The molecule has 0 saturated carbocycles. The maximum absolute atomic E-state index is 12.0. The summed E-state index contributed by atoms with van der Waals surface area (Å²) in [5, 5.41) is 14.0. The summed E-state index contributed by atoms with van der Waals surface area (Å²) < 4.78 is 7.08. The summed E-state index contributed by atoms with van der Waals surface area (Å²) in [5.74, 6) is -0.163. The molecular weight excluding hydrogens is 234 g/mol. The summed E-state index contributed by atoms with van der Waals surface area (Å²) >= 11 is 0. The normalized spacial score (nSPS) is 24.6. The van der Waals surface area contributed by atoms with Crippen molar-refractivity contribution in [1.82, 2.24) is 25.6 Å². The van der Waals surface area contributed by atoms with Gasteiger partial charge in [-0.05, 0) is 12.8 Å². The standard InChI is InChI=1S/C11H17N5O2/c17-11(13-8-2-1-3-18-7-8)10-6-16(15-14-10)9-4-12-5-9/h6,8-9,12H,1-5,7H2,(H,13,17). The van der Waals surface area contributed by atoms with Crippen LogP contribution in [0, 0.1) is 0 Å². The van der Waals surface area contributed by atoms with Gasteiger partial charge in [-0.1, -0.05) is 5.21 Å². The molecule has 1 unspecified atom stereocenters. The van der Waals surface area contributed by atoms with Crippen molar-refractivity contribution >= 4 is 5.91 Å². The van der Waals surface area contributed by atoms with Gasteiger partial charge < -0.3 is 15.4 Å². The number of ether oxygens (including phenoxy) is 1. The maximum Gasteiger partial charge on any atom is 0.273 e. The van der Waals surface area contributed by atoms with E-state index in [0.717, 1.165) is 32.5 Å². The molecule has 0 aromatic carbocycles. The Bertz CT molecular complexity index is 423. The fourth-order valence-corrected chi connectivity index (χ4v) is 2.13. The van der Waals surface area contributed by atoms with Crippen molar-refractivity contribution in [3.63, 3.8) is 0 Å². The Balaban J connectivity index is 1.59. The summed E-state index contributed by atoms with van der Waals surface area (Å²) in [7, 11) is 0. The Morgan fingerprint density at radius 3 is 3.11 bits per heavy atom. The van der Waals surface area contributed by atoms with Gasteiger partial charge in [-0.3, -0.25) is 4.79 Å². The van der Waals surface area contributed by atoms with E-state index in [2.05, 4.69) is 20.9 Å². The van der Waals surface area contributed by atoms with Crippen LogP contribution in [0.25, 0.3) is 0 Å². The van der Waals surface area contributed by atoms with Gasteiger partial charge in [-0.2, -0.15) is 0 Å². The smallest absolute Gasteiger partial charge is 0.273 e. The molecule has 1 aromatic rings. The number of hydrogen-bond donors (Lipinski definition) is 2. The first kappa shape index (κ1) is 11.6. The first-order valence-electron chi connectivity index (χ1n) is 6.34. The molecule has 2 N–H and O–H groups in total. The molecule has 98 valence electrons. The van der Waals surface area contributed by atoms with Crippen LogP contribution in [0.3, 0.4) is 0 Å². The van der Waals surface area contributed by atoms with Gasteiger partial charge in [-0.15, -0.1) is 5.10 Å². The summed E-state index contributed by atoms with van der Waals surface area (Å²) in [6.07, 6.45) is 3.67. The Morgan fingerprint density at radius 2 is 2.44 bits per heavy atom. The van der Waals surface area contributed by atoms with Crippen LogP contribution in [0.2, 0.25) is 0 Å². The lowest BCUT2D eigenvalue weighted by Crippen LogP contribution is -2.43. The van der Waals surface area contributed by atoms with Crippen LogP contribution < -0.4 is 10.6 Å². The molecule has 0 radical (unpaired) electrons. The molecule has 18 heavy (non-hydrogen) atoms. The zero-order valence-electron chi connectivity index (χ0n) is 10.1. The third kappa shape index (κ3) is 2.37. The predicted octanol–water partition coefficient (Wildman–Crippen LogP) is -0.669. The molecule has 0 bridgehead atoms. The van der Waals surface area contributed by atoms with Crippen molar-refractivity contribution in [2.24, 2.45) is 0 Å². The van der Waals surface area contributed by atoms with Crippen LogP contribution in [-0.2, 0) is 4.74 Å². The van der Waals surface area contributed by atoms with E-state index in [-0.39, 0.29) is 11.9 Å². The fraction of sp³-hybridized carbons (Fsp3) is 0.727. The van der Waals surface area contributed by atoms with E-state index in [0.29, 0.717) is 18.3 Å². The van der Waals surface area contributed by atoms with E-state index in [1.165, 1.54) is 0 Å². The lowest BCUT2D eigenvalue weighted by Gasteiger charge is -2.26. The lowest BCUT2D eigenvalue weighted by molar-refractivity contribution is 0.0622. The Kier molecular flexibility index (Phi) is 3.24. The SMILES string of the molecule is O=C(NC1CCCOC1)c1cn(C2CNC2)nn1. The van der Waals surface area contributed by atoms with Crippen LogP contribution in [-0.4, -0.2) is 53.2 Å². The minimum atomic E-state index is -0.163. The molecule has 7 heteroatoms. The first-order chi connectivity index (χ1) is 8.83. The highest BCUT2D eigenvalue weighted by Crippen LogP contribution is 2.10. The van der Waals surface area contributed by atoms with Crippen LogP contribution in [0.15, 0.2) is 6.20 Å². The van der Waals surface area contributed by atoms with E-state index in [9.17, 15) is 4.79 Å². The van der Waals surface area contributed by atoms with Gasteiger partial charge in [0.2, 0.25) is 0 Å². The number of nitrogens with zero attached hydrogens (tertiary/aromatic N) is 3. The predicted molar refractivity (Wildman–Crippen MR) is 63.2 cm³/mol. The number of nitrogens with one attached hydrogen (secondary N) is 2. The average Bonchev–Trinajstić information content (AvgIpc) is 2.77. The van der Waals surface area contributed by atoms with Crippen molar-refractivity contribution in [1.29, 1.82) is 0 Å². The van der Waals surface area contributed by atoms with Gasteiger partial charge >= 0.3 is 0 Å². The summed E-state index contributed by atoms with van der Waals surface area (Å²) in [6, 6.07) is 0.429. The summed E-state index contributed by atoms with van der Waals surface area (Å²) in [6.45, 7) is 3.16. The number of hydrogen-bond acceptors (Lipinski definition) is 5. The Morgan fingerprint density at radius 1 is 1.56 bits per heavy atom. The summed E-state index contributed by atoms with van der Waals surface area (Å²) in [4.78, 5) is 12.0. The molecule has 3 heterocycles. The van der Waals surface area contributed by atoms with Crippen molar-refractivity contribution in [2.45, 2.75) is 24.9 Å². The molecule has 2 fully saturated rings. The molecule has 0 spiro atoms. The molecule has 1 aromatic heterocycles. The van der Waals surface area contributed by atoms with Crippen LogP contribution in [0.1, 0.15) is 29.4 Å². The molecule has 2 saturated heterocycles. The number of amides is 1. The highest BCUT2D eigenvalue weighted by atomic mass is 16.5. The molecule has 2 aliphatic heterocycles. The maximum atomic E-state index is 12.0. The van der Waals surface area contributed by atoms with E-state index in [4.69, 9.17) is 4.74 Å². The van der Waals surface area contributed by atoms with Crippen molar-refractivity contribution in [3.05, 3.63) is 11.9 Å². The average molecular weight is 251 g/mol. The van der Waals surface area contributed by atoms with Gasteiger partial charge in [0.05, 0.1) is 24.9 Å². The fourth-order valence-electron chi connectivity index (χ4n) is 2.13. The van der Waals surface area contributed by atoms with E-state index in [1.54, 1.807) is 10.9 Å². The number of rotatable bonds is 3. The van der Waals surface area contributed by atoms with Crippen molar-refractivity contribution in [2.75, 3.05) is 26.3 Å². The second kappa shape index (κ2) is 5.03. The van der Waals surface area contributed by atoms with E-state index < -0.39 is 0 Å². The van der Waals surface area contributed by atoms with Gasteiger partial charge in [-0.25, -0.2) is 4.68 Å². The molecular formula is C11H17N5O2. The van der Waals surface area contributed by atoms with Crippen LogP contribution in [0.4, 0.5) is 0 Å². The molecule has 2 aliphatic rings. The van der Waals surface area contributed by atoms with Crippen LogP contribution >= 0.6 is 0 Å². The second-order valence-corrected chi connectivity index (χ2v) is 4.78. The van der Waals surface area contributed by atoms with Gasteiger partial charge in [0.1, 0.15) is 0 Å². The quantitative estimate of drug-likeness (QED) is 0.744. The number of aromatic nitrogens is 3. The minimum absolute atomic E-state index is 0.0989. The highest BCUT2D eigenvalue weighted by Gasteiger charge is 2.23.